The van der Waals surface area contributed by atoms with Gasteiger partial charge in [-0.05, 0) is 22.0 Å². The summed E-state index contributed by atoms with van der Waals surface area (Å²) < 4.78 is 38.4. The van der Waals surface area contributed by atoms with Gasteiger partial charge in [-0.2, -0.15) is 8.42 Å². The fourth-order valence-electron chi connectivity index (χ4n) is 0.607. The molecule has 72 valence electrons. The Labute approximate surface area is 83.0 Å². The van der Waals surface area contributed by atoms with Gasteiger partial charge in [0.15, 0.2) is 0 Å². The molecule has 0 saturated heterocycles. The standard InChI is InChI=1S/C6H5BrFNO3S/c1-13(10,11)12-6-5(7)2-4(8)3-9-6/h2-3H,1H3. The highest BCUT2D eigenvalue weighted by molar-refractivity contribution is 9.10. The second-order valence-electron chi connectivity index (χ2n) is 2.23. The van der Waals surface area contributed by atoms with Gasteiger partial charge in [-0.25, -0.2) is 9.37 Å². The molecule has 1 aromatic rings. The van der Waals surface area contributed by atoms with Crippen molar-refractivity contribution in [3.63, 3.8) is 0 Å². The predicted molar refractivity (Wildman–Crippen MR) is 47.4 cm³/mol. The third-order valence-corrected chi connectivity index (χ3v) is 2.03. The lowest BCUT2D eigenvalue weighted by atomic mass is 10.5. The molecule has 0 aliphatic carbocycles. The zero-order valence-electron chi connectivity index (χ0n) is 6.49. The van der Waals surface area contributed by atoms with Crippen LogP contribution in [0.15, 0.2) is 16.7 Å². The van der Waals surface area contributed by atoms with Crippen molar-refractivity contribution in [2.24, 2.45) is 0 Å². The predicted octanol–water partition coefficient (Wildman–Crippen LogP) is 1.32. The van der Waals surface area contributed by atoms with E-state index >= 15 is 0 Å². The third-order valence-electron chi connectivity index (χ3n) is 1.00. The van der Waals surface area contributed by atoms with Crippen molar-refractivity contribution in [1.29, 1.82) is 0 Å². The highest BCUT2D eigenvalue weighted by Crippen LogP contribution is 2.23. The first kappa shape index (κ1) is 10.4. The van der Waals surface area contributed by atoms with Gasteiger partial charge in [0, 0.05) is 0 Å². The number of halogens is 2. The summed E-state index contributed by atoms with van der Waals surface area (Å²) in [6.45, 7) is 0. The summed E-state index contributed by atoms with van der Waals surface area (Å²) in [6, 6.07) is 1.06. The van der Waals surface area contributed by atoms with Crippen LogP contribution >= 0.6 is 15.9 Å². The first-order chi connectivity index (χ1) is 5.88. The van der Waals surface area contributed by atoms with Gasteiger partial charge < -0.3 is 4.18 Å². The monoisotopic (exact) mass is 269 g/mol. The molecule has 0 aromatic carbocycles. The van der Waals surface area contributed by atoms with Crippen LogP contribution in [0.25, 0.3) is 0 Å². The molecule has 7 heteroatoms. The highest BCUT2D eigenvalue weighted by Gasteiger charge is 2.10. The Morgan fingerprint density at radius 2 is 2.23 bits per heavy atom. The van der Waals surface area contributed by atoms with Crippen molar-refractivity contribution >= 4 is 26.0 Å². The fraction of sp³-hybridized carbons (Fsp3) is 0.167. The van der Waals surface area contributed by atoms with Crippen LogP contribution in [0, 0.1) is 5.82 Å². The average Bonchev–Trinajstić information content (AvgIpc) is 1.93. The largest absolute Gasteiger partial charge is 0.361 e. The molecule has 0 aliphatic heterocycles. The molecule has 1 heterocycles. The van der Waals surface area contributed by atoms with Crippen LogP contribution < -0.4 is 4.18 Å². The van der Waals surface area contributed by atoms with Crippen LogP contribution in [-0.2, 0) is 10.1 Å². The van der Waals surface area contributed by atoms with E-state index in [1.807, 2.05) is 0 Å². The molecular weight excluding hydrogens is 265 g/mol. The van der Waals surface area contributed by atoms with E-state index in [9.17, 15) is 12.8 Å². The minimum absolute atomic E-state index is 0.151. The zero-order chi connectivity index (χ0) is 10.1. The van der Waals surface area contributed by atoms with E-state index in [4.69, 9.17) is 0 Å². The van der Waals surface area contributed by atoms with Crippen LogP contribution in [0.4, 0.5) is 4.39 Å². The molecule has 0 radical (unpaired) electrons. The van der Waals surface area contributed by atoms with Gasteiger partial charge in [0.2, 0.25) is 5.88 Å². The molecule has 0 bridgehead atoms. The molecule has 1 rings (SSSR count). The van der Waals surface area contributed by atoms with E-state index in [0.29, 0.717) is 0 Å². The van der Waals surface area contributed by atoms with E-state index in [-0.39, 0.29) is 10.4 Å². The maximum atomic E-state index is 12.5. The molecule has 4 nitrogen and oxygen atoms in total. The number of hydrogen-bond acceptors (Lipinski definition) is 4. The lowest BCUT2D eigenvalue weighted by Gasteiger charge is -2.02. The molecule has 0 fully saturated rings. The minimum Gasteiger partial charge on any atom is -0.361 e. The summed E-state index contributed by atoms with van der Waals surface area (Å²) in [5.74, 6) is -0.753. The molecule has 0 N–H and O–H groups in total. The van der Waals surface area contributed by atoms with Crippen molar-refractivity contribution in [3.8, 4) is 5.88 Å². The van der Waals surface area contributed by atoms with Crippen LogP contribution in [0.5, 0.6) is 5.88 Å². The summed E-state index contributed by atoms with van der Waals surface area (Å²) in [5, 5.41) is 0. The average molecular weight is 270 g/mol. The molecule has 0 unspecified atom stereocenters. The van der Waals surface area contributed by atoms with E-state index < -0.39 is 15.9 Å². The Kier molecular flexibility index (Phi) is 2.87. The summed E-state index contributed by atoms with van der Waals surface area (Å²) in [4.78, 5) is 3.44. The Bertz CT molecular complexity index is 420. The molecule has 0 aliphatic rings. The van der Waals surface area contributed by atoms with Gasteiger partial charge in [0.1, 0.15) is 5.82 Å². The van der Waals surface area contributed by atoms with Gasteiger partial charge in [-0.3, -0.25) is 0 Å². The number of pyridine rings is 1. The lowest BCUT2D eigenvalue weighted by Crippen LogP contribution is -2.07. The number of aromatic nitrogens is 1. The minimum atomic E-state index is -3.63. The van der Waals surface area contributed by atoms with Gasteiger partial charge in [0.05, 0.1) is 16.9 Å². The van der Waals surface area contributed by atoms with Crippen LogP contribution in [0.1, 0.15) is 0 Å². The molecule has 0 spiro atoms. The van der Waals surface area contributed by atoms with E-state index in [2.05, 4.69) is 25.1 Å². The van der Waals surface area contributed by atoms with Crippen LogP contribution in [0.3, 0.4) is 0 Å². The van der Waals surface area contributed by atoms with Crippen molar-refractivity contribution in [3.05, 3.63) is 22.6 Å². The smallest absolute Gasteiger partial charge is 0.307 e. The van der Waals surface area contributed by atoms with E-state index in [1.165, 1.54) is 0 Å². The van der Waals surface area contributed by atoms with Crippen molar-refractivity contribution < 1.29 is 17.0 Å². The van der Waals surface area contributed by atoms with Gasteiger partial charge in [-0.1, -0.05) is 0 Å². The summed E-state index contributed by atoms with van der Waals surface area (Å²) in [5.41, 5.74) is 0. The van der Waals surface area contributed by atoms with Crippen LogP contribution in [-0.4, -0.2) is 19.7 Å². The SMILES string of the molecule is CS(=O)(=O)Oc1ncc(F)cc1Br. The summed E-state index contributed by atoms with van der Waals surface area (Å²) in [7, 11) is -3.63. The molecule has 1 aromatic heterocycles. The van der Waals surface area contributed by atoms with Gasteiger partial charge >= 0.3 is 10.1 Å². The molecule has 0 saturated carbocycles. The van der Waals surface area contributed by atoms with Crippen molar-refractivity contribution in [2.45, 2.75) is 0 Å². The first-order valence-electron chi connectivity index (χ1n) is 3.09. The highest BCUT2D eigenvalue weighted by atomic mass is 79.9. The number of rotatable bonds is 2. The number of hydrogen-bond donors (Lipinski definition) is 0. The van der Waals surface area contributed by atoms with Crippen molar-refractivity contribution in [2.75, 3.05) is 6.26 Å². The Morgan fingerprint density at radius 1 is 1.62 bits per heavy atom. The molecule has 0 amide bonds. The molecule has 0 atom stereocenters. The Balaban J connectivity index is 3.04. The second kappa shape index (κ2) is 3.59. The van der Waals surface area contributed by atoms with E-state index in [1.54, 1.807) is 0 Å². The van der Waals surface area contributed by atoms with E-state index in [0.717, 1.165) is 18.5 Å². The summed E-state index contributed by atoms with van der Waals surface area (Å²) in [6.07, 6.45) is 1.75. The maximum Gasteiger partial charge on any atom is 0.307 e. The normalized spacial score (nSPS) is 11.3. The fourth-order valence-corrected chi connectivity index (χ4v) is 1.54. The number of nitrogens with zero attached hydrogens (tertiary/aromatic N) is 1. The first-order valence-corrected chi connectivity index (χ1v) is 5.70. The molecule has 13 heavy (non-hydrogen) atoms. The van der Waals surface area contributed by atoms with Crippen LogP contribution in [0.2, 0.25) is 0 Å². The topological polar surface area (TPSA) is 56.3 Å². The zero-order valence-corrected chi connectivity index (χ0v) is 8.89. The lowest BCUT2D eigenvalue weighted by molar-refractivity contribution is 0.478. The Morgan fingerprint density at radius 3 is 2.69 bits per heavy atom. The second-order valence-corrected chi connectivity index (χ2v) is 4.66. The Hall–Kier alpha value is -0.690. The third kappa shape index (κ3) is 3.27. The maximum absolute atomic E-state index is 12.5. The quantitative estimate of drug-likeness (QED) is 0.760. The van der Waals surface area contributed by atoms with Gasteiger partial charge in [0.25, 0.3) is 0 Å². The molecular formula is C6H5BrFNO3S. The summed E-state index contributed by atoms with van der Waals surface area (Å²) >= 11 is 2.91. The van der Waals surface area contributed by atoms with Gasteiger partial charge in [-0.15, -0.1) is 0 Å². The van der Waals surface area contributed by atoms with Crippen molar-refractivity contribution in [1.82, 2.24) is 4.98 Å².